The van der Waals surface area contributed by atoms with Crippen LogP contribution in [0.1, 0.15) is 86.5 Å². The van der Waals surface area contributed by atoms with Crippen LogP contribution in [-0.2, 0) is 4.79 Å². The van der Waals surface area contributed by atoms with Gasteiger partial charge in [-0.25, -0.2) is 9.97 Å². The SMILES string of the molecule is CC(C)c1nnc(C2CC3(CCN(C(=O)c4cncnc4)CC3)CN2CC(=O)N2CCCCC2)o1. The molecule has 2 aromatic rings. The Bertz CT molecular complexity index is 1030. The van der Waals surface area contributed by atoms with E-state index < -0.39 is 0 Å². The van der Waals surface area contributed by atoms with Gasteiger partial charge >= 0.3 is 0 Å². The molecular formula is C25H35N7O3. The van der Waals surface area contributed by atoms with Gasteiger partial charge in [-0.3, -0.25) is 14.5 Å². The quantitative estimate of drug-likeness (QED) is 0.641. The molecule has 5 heterocycles. The van der Waals surface area contributed by atoms with Gasteiger partial charge in [0.15, 0.2) is 0 Å². The van der Waals surface area contributed by atoms with Crippen LogP contribution in [0.2, 0.25) is 0 Å². The predicted octanol–water partition coefficient (Wildman–Crippen LogP) is 2.66. The third-order valence-electron chi connectivity index (χ3n) is 7.81. The highest BCUT2D eigenvalue weighted by Gasteiger charge is 2.49. The summed E-state index contributed by atoms with van der Waals surface area (Å²) in [5.41, 5.74) is 0.539. The molecule has 1 spiro atoms. The molecular weight excluding hydrogens is 446 g/mol. The number of rotatable bonds is 5. The highest BCUT2D eigenvalue weighted by molar-refractivity contribution is 5.93. The molecule has 10 heteroatoms. The minimum atomic E-state index is -0.0754. The van der Waals surface area contributed by atoms with Crippen LogP contribution in [0.3, 0.4) is 0 Å². The summed E-state index contributed by atoms with van der Waals surface area (Å²) < 4.78 is 6.07. The van der Waals surface area contributed by atoms with Crippen molar-refractivity contribution in [3.63, 3.8) is 0 Å². The first kappa shape index (κ1) is 23.8. The zero-order valence-electron chi connectivity index (χ0n) is 20.7. The van der Waals surface area contributed by atoms with Crippen LogP contribution in [0.15, 0.2) is 23.1 Å². The molecule has 0 aliphatic carbocycles. The van der Waals surface area contributed by atoms with Crippen LogP contribution in [0.4, 0.5) is 0 Å². The Morgan fingerprint density at radius 2 is 1.74 bits per heavy atom. The summed E-state index contributed by atoms with van der Waals surface area (Å²) in [4.78, 5) is 40.2. The molecule has 0 radical (unpaired) electrons. The van der Waals surface area contributed by atoms with Crippen molar-refractivity contribution in [2.75, 3.05) is 39.3 Å². The minimum Gasteiger partial charge on any atom is -0.423 e. The lowest BCUT2D eigenvalue weighted by atomic mass is 9.76. The monoisotopic (exact) mass is 481 g/mol. The number of amides is 2. The molecule has 1 atom stereocenters. The summed E-state index contributed by atoms with van der Waals surface area (Å²) >= 11 is 0. The van der Waals surface area contributed by atoms with Crippen LogP contribution >= 0.6 is 0 Å². The van der Waals surface area contributed by atoms with E-state index >= 15 is 0 Å². The first-order valence-electron chi connectivity index (χ1n) is 12.8. The molecule has 2 amide bonds. The largest absolute Gasteiger partial charge is 0.423 e. The number of carbonyl (C=O) groups is 2. The number of likely N-dealkylation sites (tertiary alicyclic amines) is 3. The summed E-state index contributed by atoms with van der Waals surface area (Å²) in [6, 6.07) is -0.0754. The van der Waals surface area contributed by atoms with Crippen molar-refractivity contribution in [1.29, 1.82) is 0 Å². The Kier molecular flexibility index (Phi) is 6.82. The first-order chi connectivity index (χ1) is 16.9. The van der Waals surface area contributed by atoms with E-state index in [0.717, 1.165) is 51.7 Å². The number of hydrogen-bond acceptors (Lipinski definition) is 8. The number of carbonyl (C=O) groups excluding carboxylic acids is 2. The normalized spacial score (nSPS) is 22.8. The van der Waals surface area contributed by atoms with Gasteiger partial charge < -0.3 is 14.2 Å². The van der Waals surface area contributed by atoms with Crippen molar-refractivity contribution in [2.24, 2.45) is 5.41 Å². The molecule has 5 rings (SSSR count). The lowest BCUT2D eigenvalue weighted by Gasteiger charge is -2.39. The summed E-state index contributed by atoms with van der Waals surface area (Å²) in [6.07, 6.45) is 10.5. The number of hydrogen-bond donors (Lipinski definition) is 0. The van der Waals surface area contributed by atoms with Gasteiger partial charge in [-0.2, -0.15) is 0 Å². The van der Waals surface area contributed by atoms with E-state index in [2.05, 4.69) is 25.1 Å². The van der Waals surface area contributed by atoms with Crippen LogP contribution in [-0.4, -0.2) is 85.9 Å². The second kappa shape index (κ2) is 10.0. The Morgan fingerprint density at radius 3 is 2.40 bits per heavy atom. The van der Waals surface area contributed by atoms with Gasteiger partial charge in [0.25, 0.3) is 5.91 Å². The van der Waals surface area contributed by atoms with E-state index in [1.54, 1.807) is 12.4 Å². The highest BCUT2D eigenvalue weighted by atomic mass is 16.4. The minimum absolute atomic E-state index is 0.0171. The molecule has 2 aromatic heterocycles. The number of nitrogens with zero attached hydrogens (tertiary/aromatic N) is 7. The van der Waals surface area contributed by atoms with E-state index in [1.165, 1.54) is 12.7 Å². The molecule has 3 saturated heterocycles. The molecule has 3 aliphatic rings. The van der Waals surface area contributed by atoms with E-state index in [0.29, 0.717) is 37.0 Å². The highest BCUT2D eigenvalue weighted by Crippen LogP contribution is 2.49. The van der Waals surface area contributed by atoms with Crippen LogP contribution in [0.5, 0.6) is 0 Å². The maximum absolute atomic E-state index is 13.2. The summed E-state index contributed by atoms with van der Waals surface area (Å²) in [6.45, 7) is 8.29. The van der Waals surface area contributed by atoms with Crippen molar-refractivity contribution < 1.29 is 14.0 Å². The Hall–Kier alpha value is -2.88. The smallest absolute Gasteiger partial charge is 0.256 e. The second-order valence-electron chi connectivity index (χ2n) is 10.6. The summed E-state index contributed by atoms with van der Waals surface area (Å²) in [7, 11) is 0. The van der Waals surface area contributed by atoms with Crippen molar-refractivity contribution in [3.8, 4) is 0 Å². The summed E-state index contributed by atoms with van der Waals surface area (Å²) in [5.74, 6) is 1.56. The molecule has 35 heavy (non-hydrogen) atoms. The standard InChI is InChI=1S/C25H35N7O3/c1-18(2)22-28-29-23(35-22)20-12-25(16-32(20)15-21(33)30-8-4-3-5-9-30)6-10-31(11-7-25)24(34)19-13-26-17-27-14-19/h13-14,17-18,20H,3-12,15-16H2,1-2H3. The van der Waals surface area contributed by atoms with E-state index in [4.69, 9.17) is 4.42 Å². The number of piperidine rings is 2. The lowest BCUT2D eigenvalue weighted by molar-refractivity contribution is -0.133. The fraction of sp³-hybridized carbons (Fsp3) is 0.680. The van der Waals surface area contributed by atoms with Gasteiger partial charge in [0, 0.05) is 51.0 Å². The zero-order valence-corrected chi connectivity index (χ0v) is 20.7. The molecule has 10 nitrogen and oxygen atoms in total. The average Bonchev–Trinajstić information content (AvgIpc) is 3.51. The Balaban J connectivity index is 1.30. The third kappa shape index (κ3) is 5.07. The Labute approximate surface area is 206 Å². The molecule has 188 valence electrons. The molecule has 3 aliphatic heterocycles. The van der Waals surface area contributed by atoms with E-state index in [1.807, 2.05) is 23.6 Å². The molecule has 1 unspecified atom stereocenters. The van der Waals surface area contributed by atoms with Gasteiger partial charge in [0.1, 0.15) is 6.33 Å². The van der Waals surface area contributed by atoms with Crippen molar-refractivity contribution >= 4 is 11.8 Å². The van der Waals surface area contributed by atoms with Crippen molar-refractivity contribution in [2.45, 2.75) is 64.3 Å². The number of aromatic nitrogens is 4. The molecule has 0 aromatic carbocycles. The molecule has 0 saturated carbocycles. The van der Waals surface area contributed by atoms with Gasteiger partial charge in [-0.1, -0.05) is 13.8 Å². The second-order valence-corrected chi connectivity index (χ2v) is 10.6. The average molecular weight is 482 g/mol. The fourth-order valence-electron chi connectivity index (χ4n) is 5.72. The van der Waals surface area contributed by atoms with E-state index in [-0.39, 0.29) is 29.2 Å². The Morgan fingerprint density at radius 1 is 1.03 bits per heavy atom. The lowest BCUT2D eigenvalue weighted by Crippen LogP contribution is -2.46. The van der Waals surface area contributed by atoms with Crippen molar-refractivity contribution in [1.82, 2.24) is 34.9 Å². The van der Waals surface area contributed by atoms with Crippen molar-refractivity contribution in [3.05, 3.63) is 36.1 Å². The van der Waals surface area contributed by atoms with Gasteiger partial charge in [0.05, 0.1) is 18.2 Å². The predicted molar refractivity (Wildman–Crippen MR) is 127 cm³/mol. The molecule has 3 fully saturated rings. The fourth-order valence-corrected chi connectivity index (χ4v) is 5.72. The zero-order chi connectivity index (χ0) is 24.4. The molecule has 0 N–H and O–H groups in total. The van der Waals surface area contributed by atoms with Gasteiger partial charge in [0.2, 0.25) is 17.7 Å². The van der Waals surface area contributed by atoms with Crippen LogP contribution < -0.4 is 0 Å². The maximum Gasteiger partial charge on any atom is 0.256 e. The maximum atomic E-state index is 13.2. The van der Waals surface area contributed by atoms with Crippen LogP contribution in [0.25, 0.3) is 0 Å². The molecule has 0 bridgehead atoms. The van der Waals surface area contributed by atoms with Crippen LogP contribution in [0, 0.1) is 5.41 Å². The van der Waals surface area contributed by atoms with Gasteiger partial charge in [-0.15, -0.1) is 10.2 Å². The topological polar surface area (TPSA) is 109 Å². The van der Waals surface area contributed by atoms with Gasteiger partial charge in [-0.05, 0) is 43.9 Å². The van der Waals surface area contributed by atoms with E-state index in [9.17, 15) is 9.59 Å². The summed E-state index contributed by atoms with van der Waals surface area (Å²) in [5, 5.41) is 8.65. The first-order valence-corrected chi connectivity index (χ1v) is 12.8. The third-order valence-corrected chi connectivity index (χ3v) is 7.81.